The average Bonchev–Trinajstić information content (AvgIpc) is 2.79. The molecule has 0 fully saturated rings. The van der Waals surface area contributed by atoms with Crippen molar-refractivity contribution in [1.82, 2.24) is 4.98 Å². The van der Waals surface area contributed by atoms with Crippen LogP contribution in [0.2, 0.25) is 0 Å². The summed E-state index contributed by atoms with van der Waals surface area (Å²) in [5.41, 5.74) is 6.83. The SMILES string of the molecule is Nc1c(C(=O)Nc2ccccc2F)oc2cccnc12. The topological polar surface area (TPSA) is 81.2 Å². The highest BCUT2D eigenvalue weighted by Crippen LogP contribution is 2.27. The molecule has 3 N–H and O–H groups in total. The second-order valence-corrected chi connectivity index (χ2v) is 4.13. The van der Waals surface area contributed by atoms with Crippen LogP contribution in [0.5, 0.6) is 0 Å². The minimum atomic E-state index is -0.620. The summed E-state index contributed by atoms with van der Waals surface area (Å²) in [6, 6.07) is 9.17. The van der Waals surface area contributed by atoms with E-state index in [1.165, 1.54) is 18.2 Å². The fourth-order valence-corrected chi connectivity index (χ4v) is 1.86. The van der Waals surface area contributed by atoms with Crippen molar-refractivity contribution in [3.8, 4) is 0 Å². The third-order valence-corrected chi connectivity index (χ3v) is 2.81. The van der Waals surface area contributed by atoms with Gasteiger partial charge in [0.25, 0.3) is 5.91 Å². The Morgan fingerprint density at radius 2 is 2.05 bits per heavy atom. The van der Waals surface area contributed by atoms with Gasteiger partial charge in [-0.15, -0.1) is 0 Å². The van der Waals surface area contributed by atoms with Gasteiger partial charge in [-0.05, 0) is 24.3 Å². The normalized spacial score (nSPS) is 10.7. The van der Waals surface area contributed by atoms with E-state index in [1.54, 1.807) is 24.4 Å². The average molecular weight is 271 g/mol. The molecule has 0 bridgehead atoms. The molecule has 0 spiro atoms. The lowest BCUT2D eigenvalue weighted by atomic mass is 10.2. The van der Waals surface area contributed by atoms with Crippen molar-refractivity contribution >= 4 is 28.4 Å². The lowest BCUT2D eigenvalue weighted by Gasteiger charge is -2.04. The number of aromatic nitrogens is 1. The molecular formula is C14H10FN3O2. The summed E-state index contributed by atoms with van der Waals surface area (Å²) in [7, 11) is 0. The number of pyridine rings is 1. The Morgan fingerprint density at radius 3 is 2.80 bits per heavy atom. The molecule has 20 heavy (non-hydrogen) atoms. The number of carbonyl (C=O) groups excluding carboxylic acids is 1. The molecule has 0 radical (unpaired) electrons. The van der Waals surface area contributed by atoms with Gasteiger partial charge in [0.15, 0.2) is 5.58 Å². The van der Waals surface area contributed by atoms with Crippen molar-refractivity contribution in [1.29, 1.82) is 0 Å². The predicted octanol–water partition coefficient (Wildman–Crippen LogP) is 2.80. The van der Waals surface area contributed by atoms with Crippen molar-refractivity contribution in [3.05, 3.63) is 54.2 Å². The number of furan rings is 1. The molecule has 0 saturated heterocycles. The molecule has 3 rings (SSSR count). The van der Waals surface area contributed by atoms with Crippen LogP contribution < -0.4 is 11.1 Å². The summed E-state index contributed by atoms with van der Waals surface area (Å²) in [4.78, 5) is 16.1. The number of anilines is 2. The van der Waals surface area contributed by atoms with Crippen molar-refractivity contribution in [2.24, 2.45) is 0 Å². The van der Waals surface area contributed by atoms with Crippen LogP contribution in [0.4, 0.5) is 15.8 Å². The summed E-state index contributed by atoms with van der Waals surface area (Å²) >= 11 is 0. The van der Waals surface area contributed by atoms with Crippen LogP contribution in [-0.4, -0.2) is 10.9 Å². The standard InChI is InChI=1S/C14H10FN3O2/c15-8-4-1-2-5-9(8)18-14(19)13-11(16)12-10(20-13)6-3-7-17-12/h1-7H,16H2,(H,18,19). The first-order valence-electron chi connectivity index (χ1n) is 5.85. The molecule has 0 unspecified atom stereocenters. The van der Waals surface area contributed by atoms with Crippen LogP contribution in [-0.2, 0) is 0 Å². The van der Waals surface area contributed by atoms with Crippen LogP contribution >= 0.6 is 0 Å². The molecule has 2 heterocycles. The molecule has 5 nitrogen and oxygen atoms in total. The molecule has 0 atom stereocenters. The zero-order chi connectivity index (χ0) is 14.1. The molecule has 0 aliphatic heterocycles. The summed E-state index contributed by atoms with van der Waals surface area (Å²) in [6.07, 6.45) is 1.55. The first kappa shape index (κ1) is 12.2. The van der Waals surface area contributed by atoms with Gasteiger partial charge in [-0.3, -0.25) is 9.78 Å². The first-order valence-corrected chi connectivity index (χ1v) is 5.85. The Bertz CT molecular complexity index is 798. The number of rotatable bonds is 2. The number of amides is 1. The van der Waals surface area contributed by atoms with Gasteiger partial charge in [0, 0.05) is 6.20 Å². The smallest absolute Gasteiger partial charge is 0.293 e. The number of para-hydroxylation sites is 1. The molecule has 3 aromatic rings. The third kappa shape index (κ3) is 1.97. The first-order chi connectivity index (χ1) is 9.66. The summed E-state index contributed by atoms with van der Waals surface area (Å²) in [5.74, 6) is -1.23. The number of fused-ring (bicyclic) bond motifs is 1. The van der Waals surface area contributed by atoms with Gasteiger partial charge in [-0.2, -0.15) is 0 Å². The molecule has 1 amide bonds. The fourth-order valence-electron chi connectivity index (χ4n) is 1.86. The molecule has 0 aliphatic rings. The van der Waals surface area contributed by atoms with E-state index in [4.69, 9.17) is 10.2 Å². The highest BCUT2D eigenvalue weighted by Gasteiger charge is 2.20. The second-order valence-electron chi connectivity index (χ2n) is 4.13. The van der Waals surface area contributed by atoms with Crippen LogP contribution in [0, 0.1) is 5.82 Å². The van der Waals surface area contributed by atoms with Crippen LogP contribution in [0.15, 0.2) is 47.0 Å². The maximum atomic E-state index is 13.5. The van der Waals surface area contributed by atoms with Crippen molar-refractivity contribution < 1.29 is 13.6 Å². The van der Waals surface area contributed by atoms with E-state index in [9.17, 15) is 9.18 Å². The number of hydrogen-bond donors (Lipinski definition) is 2. The zero-order valence-electron chi connectivity index (χ0n) is 10.3. The second kappa shape index (κ2) is 4.65. The number of nitrogens with two attached hydrogens (primary N) is 1. The van der Waals surface area contributed by atoms with Crippen LogP contribution in [0.3, 0.4) is 0 Å². The largest absolute Gasteiger partial charge is 0.447 e. The number of carbonyl (C=O) groups is 1. The van der Waals surface area contributed by atoms with Crippen molar-refractivity contribution in [2.75, 3.05) is 11.1 Å². The van der Waals surface area contributed by atoms with Gasteiger partial charge in [-0.1, -0.05) is 12.1 Å². The lowest BCUT2D eigenvalue weighted by Crippen LogP contribution is -2.13. The van der Waals surface area contributed by atoms with E-state index in [2.05, 4.69) is 10.3 Å². The van der Waals surface area contributed by atoms with Gasteiger partial charge < -0.3 is 15.5 Å². The summed E-state index contributed by atoms with van der Waals surface area (Å²) in [5, 5.41) is 2.41. The van der Waals surface area contributed by atoms with Crippen LogP contribution in [0.25, 0.3) is 11.1 Å². The molecule has 0 saturated carbocycles. The number of benzene rings is 1. The van der Waals surface area contributed by atoms with Gasteiger partial charge in [0.1, 0.15) is 17.0 Å². The maximum Gasteiger partial charge on any atom is 0.293 e. The van der Waals surface area contributed by atoms with Crippen molar-refractivity contribution in [3.63, 3.8) is 0 Å². The van der Waals surface area contributed by atoms with E-state index in [1.807, 2.05) is 0 Å². The Morgan fingerprint density at radius 1 is 1.25 bits per heavy atom. The minimum Gasteiger partial charge on any atom is -0.447 e. The van der Waals surface area contributed by atoms with E-state index in [-0.39, 0.29) is 17.1 Å². The van der Waals surface area contributed by atoms with E-state index < -0.39 is 11.7 Å². The van der Waals surface area contributed by atoms with Gasteiger partial charge in [0.05, 0.1) is 5.69 Å². The Kier molecular flexibility index (Phi) is 2.83. The lowest BCUT2D eigenvalue weighted by molar-refractivity contribution is 0.0999. The Balaban J connectivity index is 1.97. The number of nitrogen functional groups attached to an aromatic ring is 1. The van der Waals surface area contributed by atoms with E-state index in [0.29, 0.717) is 11.1 Å². The number of hydrogen-bond acceptors (Lipinski definition) is 4. The molecule has 6 heteroatoms. The fraction of sp³-hybridized carbons (Fsp3) is 0. The third-order valence-electron chi connectivity index (χ3n) is 2.81. The maximum absolute atomic E-state index is 13.5. The molecule has 2 aromatic heterocycles. The van der Waals surface area contributed by atoms with Crippen LogP contribution in [0.1, 0.15) is 10.6 Å². The highest BCUT2D eigenvalue weighted by atomic mass is 19.1. The van der Waals surface area contributed by atoms with E-state index >= 15 is 0 Å². The van der Waals surface area contributed by atoms with Gasteiger partial charge in [-0.25, -0.2) is 4.39 Å². The Hall–Kier alpha value is -2.89. The number of nitrogens with zero attached hydrogens (tertiary/aromatic N) is 1. The number of nitrogens with one attached hydrogen (secondary N) is 1. The quantitative estimate of drug-likeness (QED) is 0.751. The monoisotopic (exact) mass is 271 g/mol. The Labute approximate surface area is 113 Å². The van der Waals surface area contributed by atoms with Gasteiger partial charge in [0.2, 0.25) is 5.76 Å². The van der Waals surface area contributed by atoms with Crippen molar-refractivity contribution in [2.45, 2.75) is 0 Å². The summed E-state index contributed by atoms with van der Waals surface area (Å²) < 4.78 is 18.8. The molecule has 0 aliphatic carbocycles. The molecule has 100 valence electrons. The molecule has 1 aromatic carbocycles. The number of halogens is 1. The molecular weight excluding hydrogens is 261 g/mol. The highest BCUT2D eigenvalue weighted by molar-refractivity contribution is 6.10. The summed E-state index contributed by atoms with van der Waals surface area (Å²) in [6.45, 7) is 0. The zero-order valence-corrected chi connectivity index (χ0v) is 10.3. The van der Waals surface area contributed by atoms with E-state index in [0.717, 1.165) is 0 Å². The predicted molar refractivity (Wildman–Crippen MR) is 72.8 cm³/mol. The van der Waals surface area contributed by atoms with Gasteiger partial charge >= 0.3 is 0 Å². The minimum absolute atomic E-state index is 0.0605.